The lowest BCUT2D eigenvalue weighted by Crippen LogP contribution is -2.37. The van der Waals surface area contributed by atoms with E-state index in [2.05, 4.69) is 26.2 Å². The predicted molar refractivity (Wildman–Crippen MR) is 84.3 cm³/mol. The van der Waals surface area contributed by atoms with Gasteiger partial charge in [-0.15, -0.1) is 0 Å². The lowest BCUT2D eigenvalue weighted by molar-refractivity contribution is 0.0323. The quantitative estimate of drug-likeness (QED) is 0.852. The Morgan fingerprint density at radius 3 is 2.60 bits per heavy atom. The maximum absolute atomic E-state index is 10.8. The fraction of sp³-hybridized carbons (Fsp3) is 0.312. The molecule has 0 aliphatic rings. The minimum Gasteiger partial charge on any atom is -0.384 e. The van der Waals surface area contributed by atoms with Crippen molar-refractivity contribution in [2.75, 3.05) is 6.54 Å². The molecule has 1 aromatic carbocycles. The lowest BCUT2D eigenvalue weighted by Gasteiger charge is -2.28. The summed E-state index contributed by atoms with van der Waals surface area (Å²) in [5, 5.41) is 14.1. The van der Waals surface area contributed by atoms with Crippen LogP contribution in [0.4, 0.5) is 0 Å². The number of rotatable bonds is 6. The first-order chi connectivity index (χ1) is 9.64. The molecule has 1 aromatic heterocycles. The number of nitrogens with one attached hydrogen (secondary N) is 1. The van der Waals surface area contributed by atoms with Gasteiger partial charge in [-0.3, -0.25) is 4.98 Å². The van der Waals surface area contributed by atoms with Gasteiger partial charge in [-0.2, -0.15) is 0 Å². The Bertz CT molecular complexity index is 530. The molecule has 106 valence electrons. The van der Waals surface area contributed by atoms with Crippen molar-refractivity contribution in [3.05, 3.63) is 64.4 Å². The molecule has 2 aromatic rings. The number of aromatic nitrogens is 1. The molecule has 1 heterocycles. The van der Waals surface area contributed by atoms with E-state index in [-0.39, 0.29) is 0 Å². The average molecular weight is 335 g/mol. The number of pyridine rings is 1. The minimum absolute atomic E-state index is 0.514. The van der Waals surface area contributed by atoms with Crippen LogP contribution in [0.25, 0.3) is 0 Å². The van der Waals surface area contributed by atoms with Gasteiger partial charge in [0.1, 0.15) is 5.60 Å². The molecule has 0 radical (unpaired) electrons. The van der Waals surface area contributed by atoms with Gasteiger partial charge in [0.05, 0.1) is 0 Å². The largest absolute Gasteiger partial charge is 0.384 e. The first-order valence-corrected chi connectivity index (χ1v) is 7.51. The smallest absolute Gasteiger partial charge is 0.102 e. The van der Waals surface area contributed by atoms with E-state index < -0.39 is 5.60 Å². The van der Waals surface area contributed by atoms with Gasteiger partial charge < -0.3 is 10.4 Å². The highest BCUT2D eigenvalue weighted by Crippen LogP contribution is 2.25. The second kappa shape index (κ2) is 6.97. The molecule has 2 rings (SSSR count). The highest BCUT2D eigenvalue weighted by molar-refractivity contribution is 9.10. The van der Waals surface area contributed by atoms with Gasteiger partial charge in [0.15, 0.2) is 0 Å². The summed E-state index contributed by atoms with van der Waals surface area (Å²) in [4.78, 5) is 4.08. The van der Waals surface area contributed by atoms with Gasteiger partial charge in [-0.1, -0.05) is 41.1 Å². The van der Waals surface area contributed by atoms with Crippen molar-refractivity contribution < 1.29 is 5.11 Å². The van der Waals surface area contributed by atoms with Gasteiger partial charge in [0, 0.05) is 30.0 Å². The maximum atomic E-state index is 10.8. The second-order valence-electron chi connectivity index (χ2n) is 4.86. The minimum atomic E-state index is -0.844. The lowest BCUT2D eigenvalue weighted by atomic mass is 9.91. The van der Waals surface area contributed by atoms with E-state index in [1.165, 1.54) is 0 Å². The molecule has 0 spiro atoms. The van der Waals surface area contributed by atoms with E-state index in [1.54, 1.807) is 6.20 Å². The van der Waals surface area contributed by atoms with Crippen LogP contribution in [0.3, 0.4) is 0 Å². The molecule has 0 saturated heterocycles. The normalized spacial score (nSPS) is 13.9. The fourth-order valence-electron chi connectivity index (χ4n) is 2.11. The molecular weight excluding hydrogens is 316 g/mol. The molecule has 0 aliphatic carbocycles. The van der Waals surface area contributed by atoms with Crippen LogP contribution in [0.15, 0.2) is 53.3 Å². The van der Waals surface area contributed by atoms with Crippen molar-refractivity contribution >= 4 is 15.9 Å². The highest BCUT2D eigenvalue weighted by Gasteiger charge is 2.26. The van der Waals surface area contributed by atoms with Crippen LogP contribution in [-0.4, -0.2) is 16.6 Å². The molecule has 2 N–H and O–H groups in total. The fourth-order valence-corrected chi connectivity index (χ4v) is 2.37. The molecular formula is C16H19BrN2O. The standard InChI is InChI=1S/C16H19BrN2O/c1-2-16(20,14-5-7-15(17)8-6-14)12-19-11-13-4-3-9-18-10-13/h3-10,19-20H,2,11-12H2,1H3/t16-/m1/s1. The number of aliphatic hydroxyl groups is 1. The Balaban J connectivity index is 1.99. The topological polar surface area (TPSA) is 45.1 Å². The summed E-state index contributed by atoms with van der Waals surface area (Å²) in [7, 11) is 0. The third-order valence-electron chi connectivity index (χ3n) is 3.44. The van der Waals surface area contributed by atoms with E-state index in [0.29, 0.717) is 19.5 Å². The van der Waals surface area contributed by atoms with Crippen molar-refractivity contribution in [2.45, 2.75) is 25.5 Å². The SMILES string of the molecule is CC[C@@](O)(CNCc1cccnc1)c1ccc(Br)cc1. The van der Waals surface area contributed by atoms with Crippen LogP contribution >= 0.6 is 15.9 Å². The summed E-state index contributed by atoms with van der Waals surface area (Å²) in [5.41, 5.74) is 1.20. The summed E-state index contributed by atoms with van der Waals surface area (Å²) < 4.78 is 1.02. The zero-order valence-electron chi connectivity index (χ0n) is 11.5. The number of nitrogens with zero attached hydrogens (tertiary/aromatic N) is 1. The molecule has 0 fully saturated rings. The predicted octanol–water partition coefficient (Wildman–Crippen LogP) is 3.23. The molecule has 0 aliphatic heterocycles. The zero-order chi connectivity index (χ0) is 14.4. The summed E-state index contributed by atoms with van der Waals surface area (Å²) >= 11 is 3.41. The number of hydrogen-bond donors (Lipinski definition) is 2. The molecule has 0 amide bonds. The van der Waals surface area contributed by atoms with Crippen LogP contribution in [0.5, 0.6) is 0 Å². The van der Waals surface area contributed by atoms with Crippen molar-refractivity contribution in [2.24, 2.45) is 0 Å². The monoisotopic (exact) mass is 334 g/mol. The Hall–Kier alpha value is -1.23. The van der Waals surface area contributed by atoms with Gasteiger partial charge >= 0.3 is 0 Å². The van der Waals surface area contributed by atoms with E-state index in [0.717, 1.165) is 15.6 Å². The highest BCUT2D eigenvalue weighted by atomic mass is 79.9. The summed E-state index contributed by atoms with van der Waals surface area (Å²) in [6.07, 6.45) is 4.25. The molecule has 3 nitrogen and oxygen atoms in total. The Labute approximate surface area is 128 Å². The number of halogens is 1. The van der Waals surface area contributed by atoms with Crippen molar-refractivity contribution in [1.82, 2.24) is 10.3 Å². The molecule has 0 unspecified atom stereocenters. The van der Waals surface area contributed by atoms with Crippen LogP contribution in [-0.2, 0) is 12.1 Å². The van der Waals surface area contributed by atoms with Crippen LogP contribution in [0, 0.1) is 0 Å². The van der Waals surface area contributed by atoms with E-state index in [9.17, 15) is 5.11 Å². The summed E-state index contributed by atoms with van der Waals surface area (Å²) in [6, 6.07) is 11.8. The van der Waals surface area contributed by atoms with Crippen molar-refractivity contribution in [1.29, 1.82) is 0 Å². The molecule has 4 heteroatoms. The first kappa shape index (κ1) is 15.2. The van der Waals surface area contributed by atoms with E-state index in [4.69, 9.17) is 0 Å². The average Bonchev–Trinajstić information content (AvgIpc) is 2.49. The van der Waals surface area contributed by atoms with Crippen molar-refractivity contribution in [3.63, 3.8) is 0 Å². The third kappa shape index (κ3) is 3.88. The Morgan fingerprint density at radius 1 is 1.25 bits per heavy atom. The molecule has 0 saturated carbocycles. The number of benzene rings is 1. The van der Waals surface area contributed by atoms with Crippen LogP contribution in [0.1, 0.15) is 24.5 Å². The molecule has 20 heavy (non-hydrogen) atoms. The van der Waals surface area contributed by atoms with Gasteiger partial charge in [-0.25, -0.2) is 0 Å². The first-order valence-electron chi connectivity index (χ1n) is 6.72. The van der Waals surface area contributed by atoms with Gasteiger partial charge in [0.25, 0.3) is 0 Å². The molecule has 1 atom stereocenters. The van der Waals surface area contributed by atoms with Gasteiger partial charge in [-0.05, 0) is 35.7 Å². The maximum Gasteiger partial charge on any atom is 0.102 e. The summed E-state index contributed by atoms with van der Waals surface area (Å²) in [6.45, 7) is 3.21. The zero-order valence-corrected chi connectivity index (χ0v) is 13.1. The molecule has 0 bridgehead atoms. The van der Waals surface area contributed by atoms with Crippen molar-refractivity contribution in [3.8, 4) is 0 Å². The Morgan fingerprint density at radius 2 is 2.00 bits per heavy atom. The van der Waals surface area contributed by atoms with Crippen LogP contribution in [0.2, 0.25) is 0 Å². The third-order valence-corrected chi connectivity index (χ3v) is 3.96. The van der Waals surface area contributed by atoms with Crippen LogP contribution < -0.4 is 5.32 Å². The van der Waals surface area contributed by atoms with E-state index >= 15 is 0 Å². The summed E-state index contributed by atoms with van der Waals surface area (Å²) in [5.74, 6) is 0. The van der Waals surface area contributed by atoms with Gasteiger partial charge in [0.2, 0.25) is 0 Å². The second-order valence-corrected chi connectivity index (χ2v) is 5.77. The number of hydrogen-bond acceptors (Lipinski definition) is 3. The Kier molecular flexibility index (Phi) is 5.29. The van der Waals surface area contributed by atoms with E-state index in [1.807, 2.05) is 49.5 Å².